The molecule has 1 N–H and O–H groups in total. The van der Waals surface area contributed by atoms with E-state index in [4.69, 9.17) is 12.2 Å². The zero-order valence-electron chi connectivity index (χ0n) is 17.5. The van der Waals surface area contributed by atoms with Gasteiger partial charge in [0.15, 0.2) is 5.11 Å². The Balaban J connectivity index is 1.61. The molecule has 0 aliphatic carbocycles. The second kappa shape index (κ2) is 8.51. The largest absolute Gasteiger partial charge is 0.351 e. The molecule has 1 fully saturated rings. The van der Waals surface area contributed by atoms with Crippen LogP contribution in [0.15, 0.2) is 85.5 Å². The van der Waals surface area contributed by atoms with Gasteiger partial charge in [0.2, 0.25) is 0 Å². The van der Waals surface area contributed by atoms with E-state index in [-0.39, 0.29) is 17.9 Å². The van der Waals surface area contributed by atoms with Gasteiger partial charge in [-0.3, -0.25) is 9.97 Å². The smallest absolute Gasteiger partial charge is 0.174 e. The zero-order chi connectivity index (χ0) is 22.1. The summed E-state index contributed by atoms with van der Waals surface area (Å²) < 4.78 is 16.2. The minimum Gasteiger partial charge on any atom is -0.351 e. The summed E-state index contributed by atoms with van der Waals surface area (Å²) in [6, 6.07) is 18.8. The van der Waals surface area contributed by atoms with Gasteiger partial charge in [-0.05, 0) is 78.8 Å². The molecule has 2 atom stereocenters. The summed E-state index contributed by atoms with van der Waals surface area (Å²) in [5.74, 6) is -0.232. The van der Waals surface area contributed by atoms with E-state index in [9.17, 15) is 4.39 Å². The number of hydrogen-bond donors (Lipinski definition) is 1. The van der Waals surface area contributed by atoms with Gasteiger partial charge >= 0.3 is 0 Å². The molecule has 0 amide bonds. The van der Waals surface area contributed by atoms with E-state index in [0.29, 0.717) is 17.2 Å². The summed E-state index contributed by atoms with van der Waals surface area (Å²) in [6.45, 7) is 2.45. The fraction of sp³-hybridized carbons (Fsp3) is 0.160. The van der Waals surface area contributed by atoms with Crippen molar-refractivity contribution in [2.75, 3.05) is 4.90 Å². The average Bonchev–Trinajstić information content (AvgIpc) is 3.40. The lowest BCUT2D eigenvalue weighted by atomic mass is 10.0. The van der Waals surface area contributed by atoms with E-state index in [1.54, 1.807) is 25.4 Å². The first-order chi connectivity index (χ1) is 15.6. The molecular formula is C25H22FN5S. The highest BCUT2D eigenvalue weighted by atomic mass is 32.1. The van der Waals surface area contributed by atoms with Gasteiger partial charge in [0.1, 0.15) is 11.9 Å². The van der Waals surface area contributed by atoms with Gasteiger partial charge in [0.25, 0.3) is 0 Å². The van der Waals surface area contributed by atoms with Crippen LogP contribution in [-0.2, 0) is 6.54 Å². The number of benzene rings is 1. The third kappa shape index (κ3) is 3.76. The van der Waals surface area contributed by atoms with Gasteiger partial charge in [-0.2, -0.15) is 0 Å². The maximum absolute atomic E-state index is 14.0. The first-order valence-electron chi connectivity index (χ1n) is 10.4. The molecule has 7 heteroatoms. The van der Waals surface area contributed by atoms with Crippen LogP contribution in [0.5, 0.6) is 0 Å². The van der Waals surface area contributed by atoms with Crippen molar-refractivity contribution in [1.29, 1.82) is 0 Å². The van der Waals surface area contributed by atoms with Crippen LogP contribution in [0, 0.1) is 12.7 Å². The number of hydrogen-bond acceptors (Lipinski definition) is 3. The maximum atomic E-state index is 14.0. The molecule has 4 aromatic rings. The van der Waals surface area contributed by atoms with Crippen molar-refractivity contribution in [1.82, 2.24) is 19.9 Å². The number of rotatable bonds is 5. The quantitative estimate of drug-likeness (QED) is 0.442. The van der Waals surface area contributed by atoms with Crippen LogP contribution in [0.4, 0.5) is 10.1 Å². The molecule has 0 bridgehead atoms. The maximum Gasteiger partial charge on any atom is 0.174 e. The summed E-state index contributed by atoms with van der Waals surface area (Å²) in [7, 11) is 0. The van der Waals surface area contributed by atoms with E-state index in [1.165, 1.54) is 6.07 Å². The Bertz CT molecular complexity index is 1240. The first-order valence-corrected chi connectivity index (χ1v) is 10.8. The molecule has 2 unspecified atom stereocenters. The SMILES string of the molecule is Cc1cc(N2C(=S)NC(c3ccccn3)C2c2cccn2Cc2cccnc2)ccc1F. The zero-order valence-corrected chi connectivity index (χ0v) is 18.3. The molecule has 32 heavy (non-hydrogen) atoms. The third-order valence-electron chi connectivity index (χ3n) is 5.76. The van der Waals surface area contributed by atoms with Crippen LogP contribution < -0.4 is 10.2 Å². The number of aromatic nitrogens is 3. The number of nitrogens with zero attached hydrogens (tertiary/aromatic N) is 4. The minimum atomic E-state index is -0.232. The van der Waals surface area contributed by atoms with Crippen molar-refractivity contribution >= 4 is 23.0 Å². The van der Waals surface area contributed by atoms with Crippen LogP contribution in [0.1, 0.15) is 34.6 Å². The van der Waals surface area contributed by atoms with Crippen LogP contribution in [-0.4, -0.2) is 19.6 Å². The van der Waals surface area contributed by atoms with Crippen molar-refractivity contribution in [2.24, 2.45) is 0 Å². The third-order valence-corrected chi connectivity index (χ3v) is 6.08. The van der Waals surface area contributed by atoms with Crippen LogP contribution in [0.25, 0.3) is 0 Å². The highest BCUT2D eigenvalue weighted by molar-refractivity contribution is 7.80. The van der Waals surface area contributed by atoms with Crippen molar-refractivity contribution in [3.8, 4) is 0 Å². The number of anilines is 1. The molecule has 160 valence electrons. The summed E-state index contributed by atoms with van der Waals surface area (Å²) in [5.41, 5.74) is 4.52. The predicted molar refractivity (Wildman–Crippen MR) is 127 cm³/mol. The van der Waals surface area contributed by atoms with E-state index in [0.717, 1.165) is 22.6 Å². The van der Waals surface area contributed by atoms with Crippen molar-refractivity contribution in [2.45, 2.75) is 25.6 Å². The normalized spacial score (nSPS) is 18.1. The van der Waals surface area contributed by atoms with Gasteiger partial charge in [-0.15, -0.1) is 0 Å². The van der Waals surface area contributed by atoms with Crippen LogP contribution >= 0.6 is 12.2 Å². The first kappa shape index (κ1) is 20.3. The number of halogens is 1. The molecule has 0 radical (unpaired) electrons. The lowest BCUT2D eigenvalue weighted by Crippen LogP contribution is -2.30. The predicted octanol–water partition coefficient (Wildman–Crippen LogP) is 4.95. The molecule has 1 saturated heterocycles. The number of aryl methyl sites for hydroxylation is 1. The number of pyridine rings is 2. The fourth-order valence-corrected chi connectivity index (χ4v) is 4.59. The van der Waals surface area contributed by atoms with Gasteiger partial charge < -0.3 is 14.8 Å². The highest BCUT2D eigenvalue weighted by Crippen LogP contribution is 2.42. The van der Waals surface area contributed by atoms with Crippen molar-refractivity contribution in [3.63, 3.8) is 0 Å². The van der Waals surface area contributed by atoms with Gasteiger partial charge in [0.05, 0.1) is 11.7 Å². The summed E-state index contributed by atoms with van der Waals surface area (Å²) in [4.78, 5) is 10.9. The van der Waals surface area contributed by atoms with Crippen LogP contribution in [0.3, 0.4) is 0 Å². The molecule has 4 heterocycles. The Hall–Kier alpha value is -3.58. The monoisotopic (exact) mass is 443 g/mol. The molecule has 5 nitrogen and oxygen atoms in total. The van der Waals surface area contributed by atoms with Gasteiger partial charge in [-0.25, -0.2) is 4.39 Å². The Morgan fingerprint density at radius 2 is 1.97 bits per heavy atom. The summed E-state index contributed by atoms with van der Waals surface area (Å²) >= 11 is 5.77. The number of nitrogens with one attached hydrogen (secondary N) is 1. The van der Waals surface area contributed by atoms with Crippen molar-refractivity contribution in [3.05, 3.63) is 114 Å². The molecule has 0 saturated carbocycles. The van der Waals surface area contributed by atoms with Gasteiger partial charge in [-0.1, -0.05) is 12.1 Å². The standard InChI is InChI=1S/C25H22FN5S/c1-17-14-19(9-10-20(17)26)31-24(23(29-25(31)32)21-7-2-3-12-28-21)22-8-5-13-30(22)16-18-6-4-11-27-15-18/h2-15,23-24H,16H2,1H3,(H,29,32). The van der Waals surface area contributed by atoms with Gasteiger partial charge in [0, 0.05) is 42.7 Å². The topological polar surface area (TPSA) is 46.0 Å². The van der Waals surface area contributed by atoms with E-state index in [2.05, 4.69) is 43.1 Å². The van der Waals surface area contributed by atoms with Crippen molar-refractivity contribution < 1.29 is 4.39 Å². The molecule has 3 aromatic heterocycles. The van der Waals surface area contributed by atoms with E-state index >= 15 is 0 Å². The molecule has 1 aliphatic rings. The Kier molecular flexibility index (Phi) is 5.41. The highest BCUT2D eigenvalue weighted by Gasteiger charge is 2.42. The fourth-order valence-electron chi connectivity index (χ4n) is 4.24. The lowest BCUT2D eigenvalue weighted by molar-refractivity contribution is 0.533. The Labute approximate surface area is 191 Å². The molecule has 5 rings (SSSR count). The summed E-state index contributed by atoms with van der Waals surface area (Å²) in [6.07, 6.45) is 7.50. The Morgan fingerprint density at radius 1 is 1.06 bits per heavy atom. The second-order valence-electron chi connectivity index (χ2n) is 7.85. The lowest BCUT2D eigenvalue weighted by Gasteiger charge is -2.29. The molecule has 1 aromatic carbocycles. The molecule has 0 spiro atoms. The average molecular weight is 444 g/mol. The molecule has 1 aliphatic heterocycles. The Morgan fingerprint density at radius 3 is 2.72 bits per heavy atom. The van der Waals surface area contributed by atoms with E-state index in [1.807, 2.05) is 42.6 Å². The minimum absolute atomic E-state index is 0.156. The molecular weight excluding hydrogens is 421 g/mol. The second-order valence-corrected chi connectivity index (χ2v) is 8.24. The summed E-state index contributed by atoms with van der Waals surface area (Å²) in [5, 5.41) is 4.05. The van der Waals surface area contributed by atoms with Crippen LogP contribution in [0.2, 0.25) is 0 Å². The number of thiocarbonyl (C=S) groups is 1. The van der Waals surface area contributed by atoms with E-state index < -0.39 is 0 Å².